The van der Waals surface area contributed by atoms with Crippen LogP contribution in [0.15, 0.2) is 72.8 Å². The number of hydrogen-bond acceptors (Lipinski definition) is 1. The normalized spacial score (nSPS) is 10.4. The molecule has 0 saturated carbocycles. The average molecular weight is 282 g/mol. The van der Waals surface area contributed by atoms with Crippen molar-refractivity contribution in [2.24, 2.45) is 0 Å². The second-order valence-electron chi connectivity index (χ2n) is 4.46. The van der Waals surface area contributed by atoms with Crippen LogP contribution in [-0.2, 0) is 0 Å². The van der Waals surface area contributed by atoms with Crippen LogP contribution < -0.4 is 4.90 Å². The molecule has 0 bridgehead atoms. The van der Waals surface area contributed by atoms with E-state index in [2.05, 4.69) is 0 Å². The Bertz CT molecular complexity index is 755. The average Bonchev–Trinajstić information content (AvgIpc) is 2.48. The SMILES string of the molecule is O=C(Cl)N(c1ccccc1)c1ccc2ccccc2c1. The Kier molecular flexibility index (Phi) is 3.40. The maximum absolute atomic E-state index is 11.8. The number of halogens is 1. The third-order valence-electron chi connectivity index (χ3n) is 3.18. The van der Waals surface area contributed by atoms with Gasteiger partial charge in [-0.25, -0.2) is 0 Å². The minimum Gasteiger partial charge on any atom is -0.268 e. The lowest BCUT2D eigenvalue weighted by Gasteiger charge is -2.20. The number of anilines is 2. The Balaban J connectivity index is 2.13. The summed E-state index contributed by atoms with van der Waals surface area (Å²) in [6.45, 7) is 0. The lowest BCUT2D eigenvalue weighted by atomic mass is 10.1. The van der Waals surface area contributed by atoms with Crippen LogP contribution in [0.4, 0.5) is 16.2 Å². The lowest BCUT2D eigenvalue weighted by Crippen LogP contribution is -2.19. The molecule has 0 aliphatic heterocycles. The Morgan fingerprint density at radius 2 is 1.40 bits per heavy atom. The molecule has 3 aromatic rings. The fourth-order valence-electron chi connectivity index (χ4n) is 2.24. The molecule has 0 aliphatic carbocycles. The predicted molar refractivity (Wildman–Crippen MR) is 83.8 cm³/mol. The zero-order valence-electron chi connectivity index (χ0n) is 10.7. The third-order valence-corrected chi connectivity index (χ3v) is 3.35. The number of carbonyl (C=O) groups is 1. The van der Waals surface area contributed by atoms with E-state index in [0.29, 0.717) is 0 Å². The summed E-state index contributed by atoms with van der Waals surface area (Å²) in [5.41, 5.74) is 1.51. The molecule has 0 spiro atoms. The zero-order valence-corrected chi connectivity index (χ0v) is 11.4. The number of nitrogens with zero attached hydrogens (tertiary/aromatic N) is 1. The number of amides is 1. The topological polar surface area (TPSA) is 20.3 Å². The van der Waals surface area contributed by atoms with Gasteiger partial charge in [-0.1, -0.05) is 48.5 Å². The van der Waals surface area contributed by atoms with Gasteiger partial charge in [-0.2, -0.15) is 0 Å². The van der Waals surface area contributed by atoms with Gasteiger partial charge in [0.15, 0.2) is 0 Å². The summed E-state index contributed by atoms with van der Waals surface area (Å²) in [5, 5.41) is 1.68. The first-order chi connectivity index (χ1) is 9.75. The highest BCUT2D eigenvalue weighted by molar-refractivity contribution is 6.67. The maximum Gasteiger partial charge on any atom is 0.325 e. The standard InChI is InChI=1S/C17H12ClNO/c18-17(20)19(15-8-2-1-3-9-15)16-11-10-13-6-4-5-7-14(13)12-16/h1-12H. The molecule has 0 heterocycles. The van der Waals surface area contributed by atoms with Crippen molar-refractivity contribution in [3.8, 4) is 0 Å². The van der Waals surface area contributed by atoms with Crippen LogP contribution in [0, 0.1) is 0 Å². The highest BCUT2D eigenvalue weighted by atomic mass is 35.5. The van der Waals surface area contributed by atoms with Gasteiger partial charge < -0.3 is 0 Å². The highest BCUT2D eigenvalue weighted by Crippen LogP contribution is 2.29. The molecular formula is C17H12ClNO. The Morgan fingerprint density at radius 1 is 0.750 bits per heavy atom. The van der Waals surface area contributed by atoms with Gasteiger partial charge in [0, 0.05) is 0 Å². The van der Waals surface area contributed by atoms with Gasteiger partial charge in [0.05, 0.1) is 11.4 Å². The molecule has 3 aromatic carbocycles. The summed E-state index contributed by atoms with van der Waals surface area (Å²) in [7, 11) is 0. The van der Waals surface area contributed by atoms with Crippen LogP contribution in [0.2, 0.25) is 0 Å². The second kappa shape index (κ2) is 5.35. The summed E-state index contributed by atoms with van der Waals surface area (Å²) >= 11 is 5.75. The van der Waals surface area contributed by atoms with Crippen LogP contribution in [0.3, 0.4) is 0 Å². The minimum absolute atomic E-state index is 0.522. The van der Waals surface area contributed by atoms with Crippen molar-refractivity contribution < 1.29 is 4.79 Å². The molecule has 98 valence electrons. The summed E-state index contributed by atoms with van der Waals surface area (Å²) in [4.78, 5) is 13.3. The Labute approximate surface area is 122 Å². The van der Waals surface area contributed by atoms with Crippen LogP contribution in [0.1, 0.15) is 0 Å². The van der Waals surface area contributed by atoms with Gasteiger partial charge in [0.1, 0.15) is 0 Å². The van der Waals surface area contributed by atoms with Gasteiger partial charge in [0.25, 0.3) is 0 Å². The van der Waals surface area contributed by atoms with E-state index in [4.69, 9.17) is 11.6 Å². The predicted octanol–water partition coefficient (Wildman–Crippen LogP) is 5.34. The van der Waals surface area contributed by atoms with Gasteiger partial charge in [-0.15, -0.1) is 0 Å². The van der Waals surface area contributed by atoms with Crippen molar-refractivity contribution in [3.05, 3.63) is 72.8 Å². The molecule has 0 fully saturated rings. The Morgan fingerprint density at radius 3 is 2.10 bits per heavy atom. The molecule has 0 saturated heterocycles. The molecule has 0 radical (unpaired) electrons. The second-order valence-corrected chi connectivity index (χ2v) is 4.78. The van der Waals surface area contributed by atoms with Gasteiger partial charge in [0.2, 0.25) is 0 Å². The molecule has 20 heavy (non-hydrogen) atoms. The van der Waals surface area contributed by atoms with E-state index >= 15 is 0 Å². The van der Waals surface area contributed by atoms with Crippen LogP contribution in [-0.4, -0.2) is 5.37 Å². The highest BCUT2D eigenvalue weighted by Gasteiger charge is 2.15. The van der Waals surface area contributed by atoms with E-state index < -0.39 is 5.37 Å². The van der Waals surface area contributed by atoms with Crippen molar-refractivity contribution in [1.29, 1.82) is 0 Å². The minimum atomic E-state index is -0.522. The van der Waals surface area contributed by atoms with E-state index in [1.165, 1.54) is 4.90 Å². The molecule has 0 aliphatic rings. The summed E-state index contributed by atoms with van der Waals surface area (Å²) in [6, 6.07) is 23.2. The monoisotopic (exact) mass is 281 g/mol. The Hall–Kier alpha value is -2.32. The van der Waals surface area contributed by atoms with E-state index in [1.54, 1.807) is 0 Å². The largest absolute Gasteiger partial charge is 0.325 e. The summed E-state index contributed by atoms with van der Waals surface area (Å²) in [5.74, 6) is 0. The molecule has 0 aromatic heterocycles. The summed E-state index contributed by atoms with van der Waals surface area (Å²) in [6.07, 6.45) is 0. The van der Waals surface area contributed by atoms with Gasteiger partial charge in [-0.05, 0) is 46.6 Å². The smallest absolute Gasteiger partial charge is 0.268 e. The van der Waals surface area contributed by atoms with Crippen LogP contribution in [0.5, 0.6) is 0 Å². The number of benzene rings is 3. The van der Waals surface area contributed by atoms with E-state index in [-0.39, 0.29) is 0 Å². The fraction of sp³-hybridized carbons (Fsp3) is 0. The number of hydrogen-bond donors (Lipinski definition) is 0. The first kappa shape index (κ1) is 12.7. The molecule has 3 rings (SSSR count). The van der Waals surface area contributed by atoms with E-state index in [0.717, 1.165) is 22.1 Å². The number of carbonyl (C=O) groups excluding carboxylic acids is 1. The lowest BCUT2D eigenvalue weighted by molar-refractivity contribution is 0.266. The number of rotatable bonds is 2. The van der Waals surface area contributed by atoms with E-state index in [1.807, 2.05) is 72.8 Å². The quantitative estimate of drug-likeness (QED) is 0.459. The molecular weight excluding hydrogens is 270 g/mol. The van der Waals surface area contributed by atoms with Crippen molar-refractivity contribution in [2.45, 2.75) is 0 Å². The molecule has 0 atom stereocenters. The molecule has 0 unspecified atom stereocenters. The van der Waals surface area contributed by atoms with Crippen molar-refractivity contribution in [3.63, 3.8) is 0 Å². The molecule has 0 N–H and O–H groups in total. The third kappa shape index (κ3) is 2.38. The molecule has 1 amide bonds. The van der Waals surface area contributed by atoms with E-state index in [9.17, 15) is 4.79 Å². The van der Waals surface area contributed by atoms with Crippen molar-refractivity contribution >= 4 is 39.1 Å². The van der Waals surface area contributed by atoms with Gasteiger partial charge >= 0.3 is 5.37 Å². The first-order valence-electron chi connectivity index (χ1n) is 6.29. The van der Waals surface area contributed by atoms with Crippen LogP contribution in [0.25, 0.3) is 10.8 Å². The summed E-state index contributed by atoms with van der Waals surface area (Å²) < 4.78 is 0. The number of para-hydroxylation sites is 1. The first-order valence-corrected chi connectivity index (χ1v) is 6.67. The molecule has 3 heteroatoms. The van der Waals surface area contributed by atoms with Crippen LogP contribution >= 0.6 is 11.6 Å². The zero-order chi connectivity index (χ0) is 13.9. The molecule has 2 nitrogen and oxygen atoms in total. The van der Waals surface area contributed by atoms with Crippen molar-refractivity contribution in [1.82, 2.24) is 0 Å². The number of fused-ring (bicyclic) bond motifs is 1. The fourth-order valence-corrected chi connectivity index (χ4v) is 2.44. The maximum atomic E-state index is 11.8. The van der Waals surface area contributed by atoms with Gasteiger partial charge in [-0.3, -0.25) is 9.69 Å². The van der Waals surface area contributed by atoms with Crippen molar-refractivity contribution in [2.75, 3.05) is 4.90 Å².